The fourth-order valence-corrected chi connectivity index (χ4v) is 6.17. The summed E-state index contributed by atoms with van der Waals surface area (Å²) in [6.07, 6.45) is -0.561. The molecule has 2 aromatic heterocycles. The summed E-state index contributed by atoms with van der Waals surface area (Å²) in [5, 5.41) is 1.26. The van der Waals surface area contributed by atoms with Crippen molar-refractivity contribution in [2.45, 2.75) is 33.0 Å². The number of halogens is 2. The zero-order chi connectivity index (χ0) is 31.5. The third-order valence-corrected chi connectivity index (χ3v) is 8.14. The summed E-state index contributed by atoms with van der Waals surface area (Å²) in [5.74, 6) is -1.74. The fraction of sp³-hybridized carbons (Fsp3) is 0.171. The molecule has 2 heterocycles. The van der Waals surface area contributed by atoms with E-state index in [2.05, 4.69) is 26.0 Å². The van der Waals surface area contributed by atoms with Gasteiger partial charge in [-0.25, -0.2) is 13.3 Å². The molecule has 0 saturated heterocycles. The largest absolute Gasteiger partial charge is 0.454 e. The van der Waals surface area contributed by atoms with Crippen molar-refractivity contribution in [2.75, 3.05) is 0 Å². The maximum Gasteiger partial charge on any atom is 0.219 e. The van der Waals surface area contributed by atoms with E-state index in [1.807, 2.05) is 36.4 Å². The lowest BCUT2D eigenvalue weighted by atomic mass is 9.82. The molecule has 0 aliphatic heterocycles. The normalized spacial score (nSPS) is 15.9. The van der Waals surface area contributed by atoms with Crippen LogP contribution >= 0.6 is 0 Å². The minimum absolute atomic E-state index is 0.000970. The van der Waals surface area contributed by atoms with E-state index in [1.54, 1.807) is 19.1 Å². The van der Waals surface area contributed by atoms with Crippen LogP contribution in [-0.4, -0.2) is 0 Å². The highest BCUT2D eigenvalue weighted by atomic mass is 19.1. The molecule has 192 valence electrons. The average Bonchev–Trinajstić information content (AvgIpc) is 3.44. The summed E-state index contributed by atoms with van der Waals surface area (Å²) in [5.41, 5.74) is 5.98. The smallest absolute Gasteiger partial charge is 0.219 e. The predicted molar refractivity (Wildman–Crippen MR) is 153 cm³/mol. The van der Waals surface area contributed by atoms with E-state index >= 15 is 8.78 Å². The number of hydrogen-bond donors (Lipinski definition) is 0. The minimum Gasteiger partial charge on any atom is -0.454 e. The Labute approximate surface area is 233 Å². The second kappa shape index (κ2) is 8.09. The Balaban J connectivity index is 1.52. The molecular weight excluding hydrogens is 488 g/mol. The maximum atomic E-state index is 15.8. The van der Waals surface area contributed by atoms with E-state index in [-0.39, 0.29) is 16.7 Å². The van der Waals surface area contributed by atoms with Crippen LogP contribution < -0.4 is 4.57 Å². The molecule has 0 saturated carbocycles. The zero-order valence-corrected chi connectivity index (χ0v) is 22.0. The van der Waals surface area contributed by atoms with Crippen LogP contribution in [0.5, 0.6) is 0 Å². The van der Waals surface area contributed by atoms with Gasteiger partial charge in [-0.1, -0.05) is 62.4 Å². The first kappa shape index (κ1) is 18.9. The number of fused-ring (bicyclic) bond motifs is 6. The molecule has 0 atom stereocenters. The summed E-state index contributed by atoms with van der Waals surface area (Å²) in [7, 11) is 1.43. The van der Waals surface area contributed by atoms with Crippen molar-refractivity contribution in [1.29, 1.82) is 0 Å². The zero-order valence-electron chi connectivity index (χ0n) is 27.0. The Kier molecular flexibility index (Phi) is 3.91. The van der Waals surface area contributed by atoms with Gasteiger partial charge in [-0.3, -0.25) is 0 Å². The molecule has 6 aromatic rings. The third-order valence-electron chi connectivity index (χ3n) is 8.14. The van der Waals surface area contributed by atoms with E-state index in [1.165, 1.54) is 23.2 Å². The van der Waals surface area contributed by atoms with Crippen molar-refractivity contribution in [3.8, 4) is 33.5 Å². The van der Waals surface area contributed by atoms with Crippen molar-refractivity contribution < 1.29 is 24.6 Å². The molecule has 39 heavy (non-hydrogen) atoms. The first-order valence-corrected chi connectivity index (χ1v) is 12.8. The summed E-state index contributed by atoms with van der Waals surface area (Å²) >= 11 is 0. The maximum absolute atomic E-state index is 15.8. The molecule has 0 fully saturated rings. The monoisotopic (exact) mass is 521 g/mol. The lowest BCUT2D eigenvalue weighted by Gasteiger charge is -2.21. The van der Waals surface area contributed by atoms with Crippen molar-refractivity contribution in [2.24, 2.45) is 7.05 Å². The second-order valence-electron chi connectivity index (χ2n) is 10.8. The van der Waals surface area contributed by atoms with Crippen LogP contribution in [0, 0.1) is 25.4 Å². The number of pyridine rings is 1. The van der Waals surface area contributed by atoms with Crippen LogP contribution in [0.4, 0.5) is 8.78 Å². The lowest BCUT2D eigenvalue weighted by Crippen LogP contribution is -2.31. The quantitative estimate of drug-likeness (QED) is 0.208. The number of nitrogens with zero attached hydrogens (tertiary/aromatic N) is 1. The number of hydrogen-bond acceptors (Lipinski definition) is 1. The van der Waals surface area contributed by atoms with Gasteiger partial charge in [0.05, 0.1) is 12.5 Å². The topological polar surface area (TPSA) is 17.0 Å². The molecule has 2 nitrogen and oxygen atoms in total. The number of rotatable bonds is 2. The standard InChI is InChI=1S/C35H28F2NO/c1-19-10-12-23-24-13-15-28(36)32(34(24)39-33(23)31(19)30-17-29(37)20(2)18-38(30)5)21-11-14-27-25(16-21)22-8-6-7-9-26(22)35(27,3)4/h6-18H,1-5H3/q+1/i2D3,17D,18D. The third kappa shape index (κ3) is 3.27. The number of aryl methyl sites for hydroxylation is 1. The van der Waals surface area contributed by atoms with E-state index in [9.17, 15) is 0 Å². The molecule has 4 heteroatoms. The van der Waals surface area contributed by atoms with Gasteiger partial charge in [-0.2, -0.15) is 0 Å². The Hall–Kier alpha value is -4.31. The van der Waals surface area contributed by atoms with Gasteiger partial charge in [0.1, 0.15) is 31.2 Å². The molecule has 7 rings (SSSR count). The molecule has 0 unspecified atom stereocenters. The van der Waals surface area contributed by atoms with Crippen molar-refractivity contribution in [3.05, 3.63) is 113 Å². The molecule has 1 aliphatic carbocycles. The highest BCUT2D eigenvalue weighted by Crippen LogP contribution is 2.50. The Bertz CT molecular complexity index is 2190. The van der Waals surface area contributed by atoms with Crippen LogP contribution in [0.3, 0.4) is 0 Å². The van der Waals surface area contributed by atoms with Crippen molar-refractivity contribution in [3.63, 3.8) is 0 Å². The molecule has 0 N–H and O–H groups in total. The molecule has 0 bridgehead atoms. The van der Waals surface area contributed by atoms with Crippen LogP contribution in [0.1, 0.15) is 43.0 Å². The molecular formula is C35H28F2NO+. The summed E-state index contributed by atoms with van der Waals surface area (Å²) in [6, 6.07) is 20.2. The van der Waals surface area contributed by atoms with E-state index in [0.29, 0.717) is 38.6 Å². The van der Waals surface area contributed by atoms with Crippen LogP contribution in [0.2, 0.25) is 0 Å². The van der Waals surface area contributed by atoms with E-state index in [4.69, 9.17) is 11.3 Å². The van der Waals surface area contributed by atoms with E-state index in [0.717, 1.165) is 16.7 Å². The predicted octanol–water partition coefficient (Wildman–Crippen LogP) is 8.95. The van der Waals surface area contributed by atoms with E-state index < -0.39 is 36.3 Å². The molecule has 1 aliphatic rings. The van der Waals surface area contributed by atoms with Crippen molar-refractivity contribution >= 4 is 21.9 Å². The molecule has 0 radical (unpaired) electrons. The van der Waals surface area contributed by atoms with Gasteiger partial charge in [0.15, 0.2) is 6.17 Å². The van der Waals surface area contributed by atoms with Crippen molar-refractivity contribution in [1.82, 2.24) is 0 Å². The molecule has 0 amide bonds. The number of aromatic nitrogens is 1. The average molecular weight is 522 g/mol. The van der Waals surface area contributed by atoms with Gasteiger partial charge >= 0.3 is 0 Å². The SMILES string of the molecule is [2H]c1c(F)c(C([2H])([2H])[2H])c([2H])[n+](C)c1-c1c(C)ccc2c1oc1c(-c3ccc4c(c3)-c3ccccc3C4(C)C)c(F)ccc12. The minimum atomic E-state index is -2.91. The molecule has 0 spiro atoms. The summed E-state index contributed by atoms with van der Waals surface area (Å²) in [4.78, 5) is 0. The second-order valence-corrected chi connectivity index (χ2v) is 10.8. The van der Waals surface area contributed by atoms with Gasteiger partial charge < -0.3 is 4.42 Å². The Morgan fingerprint density at radius 1 is 0.821 bits per heavy atom. The summed E-state index contributed by atoms with van der Waals surface area (Å²) < 4.78 is 79.2. The number of benzene rings is 4. The highest BCUT2D eigenvalue weighted by molar-refractivity contribution is 6.13. The van der Waals surface area contributed by atoms with Crippen LogP contribution in [0.15, 0.2) is 83.4 Å². The first-order chi connectivity index (χ1) is 20.7. The lowest BCUT2D eigenvalue weighted by molar-refractivity contribution is -0.661. The van der Waals surface area contributed by atoms with Gasteiger partial charge in [-0.05, 0) is 65.4 Å². The van der Waals surface area contributed by atoms with Crippen LogP contribution in [0.25, 0.3) is 55.4 Å². The van der Waals surface area contributed by atoms with Gasteiger partial charge in [0.2, 0.25) is 5.69 Å². The van der Waals surface area contributed by atoms with Gasteiger partial charge in [0.25, 0.3) is 0 Å². The van der Waals surface area contributed by atoms with Crippen LogP contribution in [-0.2, 0) is 12.5 Å². The Morgan fingerprint density at radius 2 is 1.54 bits per heavy atom. The van der Waals surface area contributed by atoms with Gasteiger partial charge in [0, 0.05) is 31.9 Å². The first-order valence-electron chi connectivity index (χ1n) is 15.3. The molecule has 4 aromatic carbocycles. The fourth-order valence-electron chi connectivity index (χ4n) is 6.17. The number of furan rings is 1. The highest BCUT2D eigenvalue weighted by Gasteiger charge is 2.35. The Morgan fingerprint density at radius 3 is 2.33 bits per heavy atom. The summed E-state index contributed by atoms with van der Waals surface area (Å²) in [6.45, 7) is 3.21. The van der Waals surface area contributed by atoms with Gasteiger partial charge in [-0.15, -0.1) is 0 Å².